The first-order valence-corrected chi connectivity index (χ1v) is 5.78. The van der Waals surface area contributed by atoms with Crippen LogP contribution in [-0.4, -0.2) is 26.5 Å². The van der Waals surface area contributed by atoms with Crippen LogP contribution >= 0.6 is 0 Å². The van der Waals surface area contributed by atoms with E-state index in [4.69, 9.17) is 5.73 Å². The highest BCUT2D eigenvalue weighted by Crippen LogP contribution is 2.23. The van der Waals surface area contributed by atoms with Crippen molar-refractivity contribution in [3.8, 4) is 0 Å². The average molecular weight is 239 g/mol. The Kier molecular flexibility index (Phi) is 2.74. The normalized spacial score (nSPS) is 12.7. The summed E-state index contributed by atoms with van der Waals surface area (Å²) in [4.78, 5) is 15.9. The zero-order valence-electron chi connectivity index (χ0n) is 9.74. The highest BCUT2D eigenvalue weighted by molar-refractivity contribution is 5.75. The van der Waals surface area contributed by atoms with Gasteiger partial charge in [-0.1, -0.05) is 6.07 Å². The third kappa shape index (κ3) is 1.84. The third-order valence-corrected chi connectivity index (χ3v) is 2.98. The first-order chi connectivity index (χ1) is 8.88. The van der Waals surface area contributed by atoms with Gasteiger partial charge in [-0.3, -0.25) is 0 Å². The quantitative estimate of drug-likeness (QED) is 0.724. The summed E-state index contributed by atoms with van der Waals surface area (Å²) in [5, 5.41) is 0. The fourth-order valence-electron chi connectivity index (χ4n) is 2.05. The van der Waals surface area contributed by atoms with Crippen LogP contribution in [0.5, 0.6) is 0 Å². The Morgan fingerprint density at radius 1 is 1.17 bits per heavy atom. The molecule has 2 heterocycles. The third-order valence-electron chi connectivity index (χ3n) is 2.98. The Balaban J connectivity index is 2.05. The van der Waals surface area contributed by atoms with E-state index in [-0.39, 0.29) is 5.92 Å². The fourth-order valence-corrected chi connectivity index (χ4v) is 2.05. The van der Waals surface area contributed by atoms with Crippen LogP contribution in [0, 0.1) is 0 Å². The number of benzene rings is 1. The van der Waals surface area contributed by atoms with Crippen molar-refractivity contribution in [3.05, 3.63) is 54.4 Å². The standard InChI is InChI=1S/C13H13N5/c14-7-10(13-15-4-1-5-16-13)9-2-3-11-12(6-9)18-8-17-11/h1-6,8,10H,7,14H2,(H,17,18). The molecule has 0 saturated heterocycles. The van der Waals surface area contributed by atoms with Gasteiger partial charge >= 0.3 is 0 Å². The lowest BCUT2D eigenvalue weighted by Crippen LogP contribution is -2.16. The lowest BCUT2D eigenvalue weighted by molar-refractivity contribution is 0.750. The van der Waals surface area contributed by atoms with Gasteiger partial charge in [-0.25, -0.2) is 15.0 Å². The van der Waals surface area contributed by atoms with Gasteiger partial charge in [0.25, 0.3) is 0 Å². The van der Waals surface area contributed by atoms with Gasteiger partial charge in [0.15, 0.2) is 0 Å². The molecule has 5 heteroatoms. The highest BCUT2D eigenvalue weighted by atomic mass is 14.9. The number of fused-ring (bicyclic) bond motifs is 1. The Morgan fingerprint density at radius 2 is 2.00 bits per heavy atom. The number of nitrogens with two attached hydrogens (primary N) is 1. The van der Waals surface area contributed by atoms with E-state index in [0.717, 1.165) is 22.4 Å². The summed E-state index contributed by atoms with van der Waals surface area (Å²) in [5.41, 5.74) is 8.90. The van der Waals surface area contributed by atoms with Crippen molar-refractivity contribution in [2.75, 3.05) is 6.54 Å². The van der Waals surface area contributed by atoms with Gasteiger partial charge in [0, 0.05) is 18.9 Å². The molecule has 0 fully saturated rings. The maximum absolute atomic E-state index is 5.85. The number of nitrogens with one attached hydrogen (secondary N) is 1. The summed E-state index contributed by atoms with van der Waals surface area (Å²) in [6.45, 7) is 0.476. The molecule has 1 atom stereocenters. The molecule has 3 N–H and O–H groups in total. The van der Waals surface area contributed by atoms with Crippen molar-refractivity contribution in [3.63, 3.8) is 0 Å². The summed E-state index contributed by atoms with van der Waals surface area (Å²) in [6, 6.07) is 7.86. The molecule has 0 aliphatic rings. The minimum atomic E-state index is 0.0129. The summed E-state index contributed by atoms with van der Waals surface area (Å²) in [6.07, 6.45) is 5.16. The minimum absolute atomic E-state index is 0.0129. The van der Waals surface area contributed by atoms with E-state index in [1.165, 1.54) is 0 Å². The van der Waals surface area contributed by atoms with E-state index in [2.05, 4.69) is 26.0 Å². The van der Waals surface area contributed by atoms with Gasteiger partial charge in [-0.2, -0.15) is 0 Å². The zero-order chi connectivity index (χ0) is 12.4. The Bertz CT molecular complexity index is 647. The number of imidazole rings is 1. The van der Waals surface area contributed by atoms with E-state index in [1.54, 1.807) is 24.8 Å². The maximum atomic E-state index is 5.85. The average Bonchev–Trinajstić information content (AvgIpc) is 2.88. The molecule has 1 aromatic carbocycles. The van der Waals surface area contributed by atoms with Gasteiger partial charge in [0.1, 0.15) is 5.82 Å². The van der Waals surface area contributed by atoms with Gasteiger partial charge in [-0.05, 0) is 23.8 Å². The summed E-state index contributed by atoms with van der Waals surface area (Å²) >= 11 is 0. The molecule has 3 rings (SSSR count). The predicted octanol–water partition coefficient (Wildman–Crippen LogP) is 1.44. The molecule has 2 aromatic heterocycles. The molecule has 0 radical (unpaired) electrons. The van der Waals surface area contributed by atoms with Crippen molar-refractivity contribution >= 4 is 11.0 Å². The largest absolute Gasteiger partial charge is 0.345 e. The van der Waals surface area contributed by atoms with E-state index in [9.17, 15) is 0 Å². The van der Waals surface area contributed by atoms with Crippen molar-refractivity contribution in [2.45, 2.75) is 5.92 Å². The number of aromatic nitrogens is 4. The molecular weight excluding hydrogens is 226 g/mol. The van der Waals surface area contributed by atoms with E-state index in [1.807, 2.05) is 12.1 Å². The Labute approximate surface area is 104 Å². The molecule has 5 nitrogen and oxygen atoms in total. The fraction of sp³-hybridized carbons (Fsp3) is 0.154. The van der Waals surface area contributed by atoms with Crippen LogP contribution in [0.4, 0.5) is 0 Å². The number of hydrogen-bond acceptors (Lipinski definition) is 4. The van der Waals surface area contributed by atoms with E-state index < -0.39 is 0 Å². The van der Waals surface area contributed by atoms with E-state index >= 15 is 0 Å². The lowest BCUT2D eigenvalue weighted by Gasteiger charge is -2.13. The molecule has 0 aliphatic heterocycles. The number of H-pyrrole nitrogens is 1. The molecular formula is C13H13N5. The van der Waals surface area contributed by atoms with Crippen LogP contribution in [0.25, 0.3) is 11.0 Å². The molecule has 18 heavy (non-hydrogen) atoms. The second kappa shape index (κ2) is 4.54. The van der Waals surface area contributed by atoms with Crippen molar-refractivity contribution < 1.29 is 0 Å². The molecule has 0 amide bonds. The molecule has 0 saturated carbocycles. The van der Waals surface area contributed by atoms with Crippen molar-refractivity contribution in [2.24, 2.45) is 5.73 Å². The van der Waals surface area contributed by atoms with Crippen molar-refractivity contribution in [1.29, 1.82) is 0 Å². The molecule has 0 spiro atoms. The van der Waals surface area contributed by atoms with Crippen molar-refractivity contribution in [1.82, 2.24) is 19.9 Å². The summed E-state index contributed by atoms with van der Waals surface area (Å²) in [7, 11) is 0. The smallest absolute Gasteiger partial charge is 0.136 e. The SMILES string of the molecule is NCC(c1ccc2nc[nH]c2c1)c1ncccn1. The van der Waals surface area contributed by atoms with Crippen LogP contribution in [0.1, 0.15) is 17.3 Å². The van der Waals surface area contributed by atoms with Gasteiger partial charge < -0.3 is 10.7 Å². The monoisotopic (exact) mass is 239 g/mol. The second-order valence-electron chi connectivity index (χ2n) is 4.07. The zero-order valence-corrected chi connectivity index (χ0v) is 9.74. The minimum Gasteiger partial charge on any atom is -0.345 e. The van der Waals surface area contributed by atoms with Crippen LogP contribution in [0.15, 0.2) is 43.0 Å². The highest BCUT2D eigenvalue weighted by Gasteiger charge is 2.15. The molecule has 90 valence electrons. The van der Waals surface area contributed by atoms with Crippen LogP contribution in [0.2, 0.25) is 0 Å². The topological polar surface area (TPSA) is 80.5 Å². The maximum Gasteiger partial charge on any atom is 0.136 e. The van der Waals surface area contributed by atoms with Gasteiger partial charge in [0.2, 0.25) is 0 Å². The Morgan fingerprint density at radius 3 is 2.78 bits per heavy atom. The predicted molar refractivity (Wildman–Crippen MR) is 69.0 cm³/mol. The Hall–Kier alpha value is -2.27. The number of hydrogen-bond donors (Lipinski definition) is 2. The van der Waals surface area contributed by atoms with Crippen LogP contribution in [-0.2, 0) is 0 Å². The molecule has 3 aromatic rings. The van der Waals surface area contributed by atoms with Gasteiger partial charge in [0.05, 0.1) is 23.3 Å². The summed E-state index contributed by atoms with van der Waals surface area (Å²) in [5.74, 6) is 0.762. The van der Waals surface area contributed by atoms with Gasteiger partial charge in [-0.15, -0.1) is 0 Å². The van der Waals surface area contributed by atoms with Crippen LogP contribution in [0.3, 0.4) is 0 Å². The number of aromatic amines is 1. The number of nitrogens with zero attached hydrogens (tertiary/aromatic N) is 3. The second-order valence-corrected chi connectivity index (χ2v) is 4.07. The number of rotatable bonds is 3. The first-order valence-electron chi connectivity index (χ1n) is 5.78. The molecule has 0 aliphatic carbocycles. The lowest BCUT2D eigenvalue weighted by atomic mass is 9.98. The summed E-state index contributed by atoms with van der Waals surface area (Å²) < 4.78 is 0. The molecule has 1 unspecified atom stereocenters. The van der Waals surface area contributed by atoms with E-state index in [0.29, 0.717) is 6.54 Å². The van der Waals surface area contributed by atoms with Crippen LogP contribution < -0.4 is 5.73 Å². The first kappa shape index (κ1) is 10.9. The molecule has 0 bridgehead atoms.